The molecule has 0 atom stereocenters. The Morgan fingerprint density at radius 1 is 1.11 bits per heavy atom. The Balaban J connectivity index is 1.71. The van der Waals surface area contributed by atoms with Gasteiger partial charge in [-0.3, -0.25) is 15.0 Å². The smallest absolute Gasteiger partial charge is 0.267 e. The predicted molar refractivity (Wildman–Crippen MR) is 103 cm³/mol. The van der Waals surface area contributed by atoms with Crippen LogP contribution in [0.2, 0.25) is 10.0 Å². The molecule has 1 N–H and O–H groups in total. The molecule has 2 aromatic heterocycles. The lowest BCUT2D eigenvalue weighted by atomic mass is 10.2. The Bertz CT molecular complexity index is 1270. The number of hydrogen-bond donors (Lipinski definition) is 1. The summed E-state index contributed by atoms with van der Waals surface area (Å²) in [6.07, 6.45) is 2.48. The van der Waals surface area contributed by atoms with E-state index >= 15 is 0 Å². The second kappa shape index (κ2) is 7.06. The normalized spacial score (nSPS) is 11.0. The highest BCUT2D eigenvalue weighted by atomic mass is 35.5. The highest BCUT2D eigenvalue weighted by Gasteiger charge is 2.15. The van der Waals surface area contributed by atoms with Crippen LogP contribution in [0.1, 0.15) is 10.4 Å². The second-order valence-electron chi connectivity index (χ2n) is 5.75. The molecule has 7 nitrogen and oxygen atoms in total. The first-order chi connectivity index (χ1) is 13.4. The van der Waals surface area contributed by atoms with Gasteiger partial charge in [0.1, 0.15) is 17.5 Å². The molecule has 0 aliphatic carbocycles. The van der Waals surface area contributed by atoms with Gasteiger partial charge in [-0.1, -0.05) is 23.2 Å². The van der Waals surface area contributed by atoms with Crippen molar-refractivity contribution >= 4 is 40.1 Å². The van der Waals surface area contributed by atoms with Crippen LogP contribution in [-0.4, -0.2) is 25.3 Å². The van der Waals surface area contributed by atoms with Crippen molar-refractivity contribution in [1.29, 1.82) is 0 Å². The van der Waals surface area contributed by atoms with Crippen molar-refractivity contribution in [3.05, 3.63) is 86.8 Å². The van der Waals surface area contributed by atoms with E-state index in [0.29, 0.717) is 10.7 Å². The van der Waals surface area contributed by atoms with Crippen LogP contribution in [0, 0.1) is 5.82 Å². The third-order valence-corrected chi connectivity index (χ3v) is 4.52. The van der Waals surface area contributed by atoms with Crippen molar-refractivity contribution in [2.24, 2.45) is 0 Å². The van der Waals surface area contributed by atoms with E-state index in [9.17, 15) is 14.0 Å². The van der Waals surface area contributed by atoms with Crippen molar-refractivity contribution in [3.63, 3.8) is 0 Å². The fourth-order valence-electron chi connectivity index (χ4n) is 2.60. The van der Waals surface area contributed by atoms with E-state index in [4.69, 9.17) is 23.2 Å². The topological polar surface area (TPSA) is 81.8 Å². The average molecular weight is 418 g/mol. The molecule has 4 rings (SSSR count). The zero-order valence-electron chi connectivity index (χ0n) is 13.9. The van der Waals surface area contributed by atoms with E-state index in [1.165, 1.54) is 47.3 Å². The Labute approximate surface area is 166 Å². The van der Waals surface area contributed by atoms with Crippen LogP contribution in [-0.2, 0) is 0 Å². The summed E-state index contributed by atoms with van der Waals surface area (Å²) in [5, 5.41) is 4.82. The Morgan fingerprint density at radius 2 is 1.86 bits per heavy atom. The number of rotatable bonds is 3. The van der Waals surface area contributed by atoms with Gasteiger partial charge in [0, 0.05) is 5.02 Å². The van der Waals surface area contributed by atoms with Gasteiger partial charge in [0.2, 0.25) is 0 Å². The Hall–Kier alpha value is -3.23. The molecule has 0 fully saturated rings. The average Bonchev–Trinajstić information content (AvgIpc) is 3.11. The maximum Gasteiger partial charge on any atom is 0.283 e. The number of halogens is 3. The summed E-state index contributed by atoms with van der Waals surface area (Å²) < 4.78 is 15.4. The lowest BCUT2D eigenvalue weighted by molar-refractivity contribution is 0.101. The van der Waals surface area contributed by atoms with E-state index in [-0.39, 0.29) is 21.6 Å². The van der Waals surface area contributed by atoms with E-state index in [0.717, 1.165) is 11.0 Å². The van der Waals surface area contributed by atoms with Gasteiger partial charge in [0.05, 0.1) is 22.5 Å². The zero-order chi connectivity index (χ0) is 19.8. The number of nitrogens with one attached hydrogen (secondary N) is 1. The van der Waals surface area contributed by atoms with Crippen LogP contribution in [0.25, 0.3) is 16.7 Å². The summed E-state index contributed by atoms with van der Waals surface area (Å²) in [6.45, 7) is 0. The first-order valence-electron chi connectivity index (χ1n) is 7.92. The number of carbonyl (C=O) groups excluding carboxylic acids is 1. The number of benzene rings is 2. The van der Waals surface area contributed by atoms with Gasteiger partial charge in [0.25, 0.3) is 11.5 Å². The number of carbonyl (C=O) groups is 1. The third kappa shape index (κ3) is 3.23. The van der Waals surface area contributed by atoms with Gasteiger partial charge in [-0.2, -0.15) is 5.10 Å². The van der Waals surface area contributed by atoms with Gasteiger partial charge in [0.15, 0.2) is 5.65 Å². The molecule has 4 aromatic rings. The van der Waals surface area contributed by atoms with E-state index in [2.05, 4.69) is 15.5 Å². The molecule has 0 unspecified atom stereocenters. The molecule has 2 heterocycles. The lowest BCUT2D eigenvalue weighted by Crippen LogP contribution is -2.33. The minimum Gasteiger partial charge on any atom is -0.267 e. The fraction of sp³-hybridized carbons (Fsp3) is 0. The molecule has 0 aliphatic rings. The van der Waals surface area contributed by atoms with Crippen molar-refractivity contribution in [3.8, 4) is 5.69 Å². The number of amides is 1. The monoisotopic (exact) mass is 417 g/mol. The van der Waals surface area contributed by atoms with E-state index in [1.54, 1.807) is 6.07 Å². The molecule has 0 spiro atoms. The lowest BCUT2D eigenvalue weighted by Gasteiger charge is -2.09. The van der Waals surface area contributed by atoms with Crippen LogP contribution in [0.5, 0.6) is 0 Å². The molecule has 140 valence electrons. The van der Waals surface area contributed by atoms with Gasteiger partial charge >= 0.3 is 0 Å². The van der Waals surface area contributed by atoms with Gasteiger partial charge < -0.3 is 0 Å². The first-order valence-corrected chi connectivity index (χ1v) is 8.67. The summed E-state index contributed by atoms with van der Waals surface area (Å²) in [7, 11) is 0. The van der Waals surface area contributed by atoms with Crippen molar-refractivity contribution < 1.29 is 9.18 Å². The minimum atomic E-state index is -0.623. The Kier molecular flexibility index (Phi) is 4.58. The summed E-state index contributed by atoms with van der Waals surface area (Å²) in [6, 6.07) is 10.00. The SMILES string of the molecule is O=C(Nn1cnc2c(cnn2-c2ccc(F)cc2)c1=O)c1cc(Cl)ccc1Cl. The van der Waals surface area contributed by atoms with Crippen molar-refractivity contribution in [2.75, 3.05) is 5.43 Å². The zero-order valence-corrected chi connectivity index (χ0v) is 15.4. The molecule has 2 aromatic carbocycles. The molecule has 0 aliphatic heterocycles. The summed E-state index contributed by atoms with van der Waals surface area (Å²) in [5.41, 5.74) is 2.80. The quantitative estimate of drug-likeness (QED) is 0.553. The summed E-state index contributed by atoms with van der Waals surface area (Å²) in [4.78, 5) is 29.3. The van der Waals surface area contributed by atoms with Gasteiger partial charge in [-0.05, 0) is 42.5 Å². The maximum absolute atomic E-state index is 13.1. The molecular weight excluding hydrogens is 408 g/mol. The molecule has 0 bridgehead atoms. The van der Waals surface area contributed by atoms with Gasteiger partial charge in [-0.15, -0.1) is 0 Å². The fourth-order valence-corrected chi connectivity index (χ4v) is 2.98. The molecule has 0 saturated heterocycles. The number of fused-ring (bicyclic) bond motifs is 1. The number of nitrogens with zero attached hydrogens (tertiary/aromatic N) is 4. The molecule has 1 amide bonds. The van der Waals surface area contributed by atoms with Crippen LogP contribution in [0.3, 0.4) is 0 Å². The Morgan fingerprint density at radius 3 is 2.61 bits per heavy atom. The molecule has 28 heavy (non-hydrogen) atoms. The molecule has 10 heteroatoms. The first kappa shape index (κ1) is 18.1. The van der Waals surface area contributed by atoms with Crippen LogP contribution in [0.4, 0.5) is 4.39 Å². The number of hydrogen-bond acceptors (Lipinski definition) is 4. The highest BCUT2D eigenvalue weighted by Crippen LogP contribution is 2.20. The van der Waals surface area contributed by atoms with Gasteiger partial charge in [-0.25, -0.2) is 18.7 Å². The molecule has 0 saturated carbocycles. The van der Waals surface area contributed by atoms with Crippen molar-refractivity contribution in [1.82, 2.24) is 19.4 Å². The summed E-state index contributed by atoms with van der Waals surface area (Å²) >= 11 is 11.9. The number of aromatic nitrogens is 4. The minimum absolute atomic E-state index is 0.114. The maximum atomic E-state index is 13.1. The standard InChI is InChI=1S/C18H10Cl2FN5O2/c19-10-1-6-15(20)13(7-10)17(27)24-25-9-22-16-14(18(25)28)8-23-26(16)12-4-2-11(21)3-5-12/h1-9H,(H,24,27). The molecular formula is C18H10Cl2FN5O2. The molecule has 0 radical (unpaired) electrons. The van der Waals surface area contributed by atoms with Crippen LogP contribution in [0.15, 0.2) is 59.8 Å². The predicted octanol–water partition coefficient (Wildman–Crippen LogP) is 3.41. The largest absolute Gasteiger partial charge is 0.283 e. The second-order valence-corrected chi connectivity index (χ2v) is 6.60. The van der Waals surface area contributed by atoms with Crippen LogP contribution >= 0.6 is 23.2 Å². The van der Waals surface area contributed by atoms with Crippen LogP contribution < -0.4 is 11.0 Å². The third-order valence-electron chi connectivity index (χ3n) is 3.95. The van der Waals surface area contributed by atoms with E-state index < -0.39 is 17.3 Å². The highest BCUT2D eigenvalue weighted by molar-refractivity contribution is 6.36. The van der Waals surface area contributed by atoms with E-state index in [1.807, 2.05) is 0 Å². The summed E-state index contributed by atoms with van der Waals surface area (Å²) in [5.74, 6) is -1.01. The van der Waals surface area contributed by atoms with Crippen molar-refractivity contribution in [2.45, 2.75) is 0 Å².